The van der Waals surface area contributed by atoms with Crippen molar-refractivity contribution in [3.63, 3.8) is 0 Å². The Balaban J connectivity index is 1.54. The highest BCUT2D eigenvalue weighted by Crippen LogP contribution is 2.24. The summed E-state index contributed by atoms with van der Waals surface area (Å²) in [6.45, 7) is -0.168. The first-order valence-electron chi connectivity index (χ1n) is 6.26. The Hall–Kier alpha value is -2.38. The zero-order valence-electron chi connectivity index (χ0n) is 11.2. The van der Waals surface area contributed by atoms with Gasteiger partial charge in [-0.3, -0.25) is 10.1 Å². The number of hydrogen-bond acceptors (Lipinski definition) is 6. The zero-order chi connectivity index (χ0) is 15.4. The second-order valence-corrected chi connectivity index (χ2v) is 5.56. The van der Waals surface area contributed by atoms with Crippen LogP contribution in [0.4, 0.5) is 6.01 Å². The van der Waals surface area contributed by atoms with Crippen molar-refractivity contribution >= 4 is 34.9 Å². The highest BCUT2D eigenvalue weighted by Gasteiger charge is 2.12. The first-order valence-corrected chi connectivity index (χ1v) is 7.52. The fourth-order valence-corrected chi connectivity index (χ4v) is 2.38. The van der Waals surface area contributed by atoms with E-state index in [-0.39, 0.29) is 12.6 Å². The normalized spacial score (nSPS) is 10.4. The Labute approximate surface area is 134 Å². The molecule has 0 aliphatic rings. The SMILES string of the molecule is O=C(COc1ccc(Cl)cc1)Nc1nnc(-c2cccs2)o1. The summed E-state index contributed by atoms with van der Waals surface area (Å²) >= 11 is 7.24. The number of halogens is 1. The molecule has 1 aromatic carbocycles. The van der Waals surface area contributed by atoms with Crippen molar-refractivity contribution in [3.8, 4) is 16.5 Å². The van der Waals surface area contributed by atoms with Crippen LogP contribution in [0.5, 0.6) is 5.75 Å². The number of anilines is 1. The van der Waals surface area contributed by atoms with E-state index in [4.69, 9.17) is 20.8 Å². The van der Waals surface area contributed by atoms with Gasteiger partial charge < -0.3 is 9.15 Å². The van der Waals surface area contributed by atoms with Gasteiger partial charge in [-0.25, -0.2) is 0 Å². The summed E-state index contributed by atoms with van der Waals surface area (Å²) in [5.74, 6) is 0.518. The van der Waals surface area contributed by atoms with Crippen LogP contribution in [0.1, 0.15) is 0 Å². The monoisotopic (exact) mass is 335 g/mol. The maximum absolute atomic E-state index is 11.8. The summed E-state index contributed by atoms with van der Waals surface area (Å²) < 4.78 is 10.7. The summed E-state index contributed by atoms with van der Waals surface area (Å²) in [6, 6.07) is 10.5. The molecule has 112 valence electrons. The van der Waals surface area contributed by atoms with Gasteiger partial charge in [0.05, 0.1) is 4.88 Å². The van der Waals surface area contributed by atoms with Crippen molar-refractivity contribution in [3.05, 3.63) is 46.8 Å². The molecule has 3 aromatic rings. The summed E-state index contributed by atoms with van der Waals surface area (Å²) in [5, 5.41) is 12.6. The Morgan fingerprint density at radius 1 is 1.27 bits per heavy atom. The Morgan fingerprint density at radius 2 is 2.09 bits per heavy atom. The predicted octanol–water partition coefficient (Wildman–Crippen LogP) is 3.47. The van der Waals surface area contributed by atoms with E-state index in [2.05, 4.69) is 15.5 Å². The summed E-state index contributed by atoms with van der Waals surface area (Å²) in [5.41, 5.74) is 0. The number of rotatable bonds is 5. The van der Waals surface area contributed by atoms with Gasteiger partial charge in [0, 0.05) is 5.02 Å². The summed E-state index contributed by atoms with van der Waals surface area (Å²) in [4.78, 5) is 12.6. The topological polar surface area (TPSA) is 77.2 Å². The molecular weight excluding hydrogens is 326 g/mol. The molecule has 0 aliphatic carbocycles. The molecule has 3 rings (SSSR count). The fraction of sp³-hybridized carbons (Fsp3) is 0.0714. The van der Waals surface area contributed by atoms with Crippen LogP contribution >= 0.6 is 22.9 Å². The molecule has 2 heterocycles. The molecule has 8 heteroatoms. The van der Waals surface area contributed by atoms with Crippen LogP contribution in [0, 0.1) is 0 Å². The molecule has 0 atom stereocenters. The van der Waals surface area contributed by atoms with E-state index in [0.29, 0.717) is 16.7 Å². The van der Waals surface area contributed by atoms with Crippen LogP contribution in [-0.2, 0) is 4.79 Å². The van der Waals surface area contributed by atoms with E-state index in [9.17, 15) is 4.79 Å². The van der Waals surface area contributed by atoms with E-state index >= 15 is 0 Å². The lowest BCUT2D eigenvalue weighted by Gasteiger charge is -2.04. The number of aromatic nitrogens is 2. The van der Waals surface area contributed by atoms with Crippen LogP contribution in [0.2, 0.25) is 5.02 Å². The van der Waals surface area contributed by atoms with Gasteiger partial charge in [0.1, 0.15) is 5.75 Å². The van der Waals surface area contributed by atoms with Gasteiger partial charge in [0.15, 0.2) is 6.61 Å². The molecule has 0 fully saturated rings. The van der Waals surface area contributed by atoms with Crippen molar-refractivity contribution in [1.82, 2.24) is 10.2 Å². The van der Waals surface area contributed by atoms with Gasteiger partial charge >= 0.3 is 6.01 Å². The lowest BCUT2D eigenvalue weighted by molar-refractivity contribution is -0.118. The predicted molar refractivity (Wildman–Crippen MR) is 83.2 cm³/mol. The minimum absolute atomic E-state index is 0.0353. The van der Waals surface area contributed by atoms with E-state index < -0.39 is 5.91 Å². The number of nitrogens with one attached hydrogen (secondary N) is 1. The van der Waals surface area contributed by atoms with Crippen molar-refractivity contribution < 1.29 is 13.9 Å². The Kier molecular flexibility index (Phi) is 4.36. The average molecular weight is 336 g/mol. The van der Waals surface area contributed by atoms with Gasteiger partial charge in [-0.15, -0.1) is 16.4 Å². The lowest BCUT2D eigenvalue weighted by atomic mass is 10.3. The van der Waals surface area contributed by atoms with E-state index in [0.717, 1.165) is 4.88 Å². The van der Waals surface area contributed by atoms with Crippen molar-refractivity contribution in [2.45, 2.75) is 0 Å². The fourth-order valence-electron chi connectivity index (χ4n) is 1.61. The highest BCUT2D eigenvalue weighted by atomic mass is 35.5. The van der Waals surface area contributed by atoms with Crippen LogP contribution in [-0.4, -0.2) is 22.7 Å². The molecule has 0 bridgehead atoms. The average Bonchev–Trinajstić information content (AvgIpc) is 3.17. The van der Waals surface area contributed by atoms with Gasteiger partial charge in [-0.2, -0.15) is 0 Å². The van der Waals surface area contributed by atoms with Crippen LogP contribution in [0.3, 0.4) is 0 Å². The van der Waals surface area contributed by atoms with E-state index in [1.807, 2.05) is 17.5 Å². The molecule has 0 aliphatic heterocycles. The van der Waals surface area contributed by atoms with E-state index in [1.165, 1.54) is 11.3 Å². The highest BCUT2D eigenvalue weighted by molar-refractivity contribution is 7.13. The molecule has 0 saturated carbocycles. The number of hydrogen-bond donors (Lipinski definition) is 1. The molecule has 2 aromatic heterocycles. The summed E-state index contributed by atoms with van der Waals surface area (Å²) in [6.07, 6.45) is 0. The quantitative estimate of drug-likeness (QED) is 0.772. The molecule has 0 saturated heterocycles. The summed E-state index contributed by atoms with van der Waals surface area (Å²) in [7, 11) is 0. The van der Waals surface area contributed by atoms with Gasteiger partial charge in [0.2, 0.25) is 0 Å². The molecule has 22 heavy (non-hydrogen) atoms. The molecule has 0 radical (unpaired) electrons. The van der Waals surface area contributed by atoms with E-state index in [1.54, 1.807) is 24.3 Å². The van der Waals surface area contributed by atoms with Crippen LogP contribution < -0.4 is 10.1 Å². The van der Waals surface area contributed by atoms with Crippen molar-refractivity contribution in [2.75, 3.05) is 11.9 Å². The third kappa shape index (κ3) is 3.63. The minimum atomic E-state index is -0.392. The molecular formula is C14H10ClN3O3S. The standard InChI is InChI=1S/C14H10ClN3O3S/c15-9-3-5-10(6-4-9)20-8-12(19)16-14-18-17-13(21-14)11-2-1-7-22-11/h1-7H,8H2,(H,16,18,19). The second-order valence-electron chi connectivity index (χ2n) is 4.18. The molecule has 0 unspecified atom stereocenters. The number of carbonyl (C=O) groups excluding carboxylic acids is 1. The number of ether oxygens (including phenoxy) is 1. The van der Waals surface area contributed by atoms with Gasteiger partial charge in [-0.1, -0.05) is 22.8 Å². The van der Waals surface area contributed by atoms with Crippen LogP contribution in [0.25, 0.3) is 10.8 Å². The molecule has 6 nitrogen and oxygen atoms in total. The Bertz CT molecular complexity index is 756. The number of nitrogens with zero attached hydrogens (tertiary/aromatic N) is 2. The first kappa shape index (κ1) is 14.6. The third-order valence-corrected chi connectivity index (χ3v) is 3.70. The minimum Gasteiger partial charge on any atom is -0.484 e. The largest absolute Gasteiger partial charge is 0.484 e. The number of carbonyl (C=O) groups is 1. The van der Waals surface area contributed by atoms with Crippen LogP contribution in [0.15, 0.2) is 46.2 Å². The van der Waals surface area contributed by atoms with Crippen molar-refractivity contribution in [2.24, 2.45) is 0 Å². The first-order chi connectivity index (χ1) is 10.7. The van der Waals surface area contributed by atoms with Gasteiger partial charge in [-0.05, 0) is 35.7 Å². The number of amides is 1. The molecule has 1 amide bonds. The Morgan fingerprint density at radius 3 is 2.82 bits per heavy atom. The maximum atomic E-state index is 11.8. The lowest BCUT2D eigenvalue weighted by Crippen LogP contribution is -2.20. The zero-order valence-corrected chi connectivity index (χ0v) is 12.7. The number of benzene rings is 1. The maximum Gasteiger partial charge on any atom is 0.322 e. The molecule has 0 spiro atoms. The van der Waals surface area contributed by atoms with Crippen molar-refractivity contribution in [1.29, 1.82) is 0 Å². The second kappa shape index (κ2) is 6.59. The molecule has 1 N–H and O–H groups in total. The number of thiophene rings is 1. The third-order valence-electron chi connectivity index (χ3n) is 2.59. The smallest absolute Gasteiger partial charge is 0.322 e. The van der Waals surface area contributed by atoms with Gasteiger partial charge in [0.25, 0.3) is 11.8 Å².